The highest BCUT2D eigenvalue weighted by Gasteiger charge is 2.22. The lowest BCUT2D eigenvalue weighted by Crippen LogP contribution is -2.17. The lowest BCUT2D eigenvalue weighted by atomic mass is 9.96. The van der Waals surface area contributed by atoms with Crippen molar-refractivity contribution in [3.63, 3.8) is 0 Å². The Kier molecular flexibility index (Phi) is 2.23. The second-order valence-electron chi connectivity index (χ2n) is 4.71. The fourth-order valence-corrected chi connectivity index (χ4v) is 1.90. The van der Waals surface area contributed by atoms with Crippen molar-refractivity contribution in [2.45, 2.75) is 26.2 Å². The molecule has 0 aliphatic rings. The quantitative estimate of drug-likeness (QED) is 0.688. The average Bonchev–Trinajstić information content (AvgIpc) is 2.45. The molecule has 0 saturated carbocycles. The molecule has 2 rings (SSSR count). The highest BCUT2D eigenvalue weighted by atomic mass is 35.5. The number of pyridine rings is 1. The Hall–Kier alpha value is -1.09. The first-order valence-corrected chi connectivity index (χ1v) is 5.26. The Morgan fingerprint density at radius 3 is 2.53 bits per heavy atom. The second-order valence-corrected chi connectivity index (χ2v) is 5.12. The molecule has 0 saturated heterocycles. The van der Waals surface area contributed by atoms with Crippen LogP contribution in [0.4, 0.5) is 0 Å². The van der Waals surface area contributed by atoms with Gasteiger partial charge in [0.25, 0.3) is 0 Å². The molecule has 0 aliphatic heterocycles. The van der Waals surface area contributed by atoms with Gasteiger partial charge in [-0.15, -0.1) is 0 Å². The van der Waals surface area contributed by atoms with E-state index in [0.717, 1.165) is 17.0 Å². The zero-order valence-electron chi connectivity index (χ0n) is 9.37. The van der Waals surface area contributed by atoms with Crippen molar-refractivity contribution in [2.24, 2.45) is 7.05 Å². The summed E-state index contributed by atoms with van der Waals surface area (Å²) in [5, 5.41) is 0.658. The van der Waals surface area contributed by atoms with Crippen LogP contribution in [0.3, 0.4) is 0 Å². The number of hydrogen-bond donors (Lipinski definition) is 0. The van der Waals surface area contributed by atoms with Gasteiger partial charge in [0.2, 0.25) is 0 Å². The van der Waals surface area contributed by atoms with Gasteiger partial charge in [0.1, 0.15) is 11.3 Å². The van der Waals surface area contributed by atoms with Crippen molar-refractivity contribution >= 4 is 22.8 Å². The molecular weight excluding hydrogens is 210 g/mol. The largest absolute Gasteiger partial charge is 0.315 e. The third-order valence-electron chi connectivity index (χ3n) is 2.38. The van der Waals surface area contributed by atoms with Gasteiger partial charge in [0.15, 0.2) is 5.65 Å². The van der Waals surface area contributed by atoms with E-state index in [1.54, 1.807) is 12.3 Å². The summed E-state index contributed by atoms with van der Waals surface area (Å²) in [5.41, 5.74) is 1.62. The van der Waals surface area contributed by atoms with Gasteiger partial charge in [0, 0.05) is 18.7 Å². The Labute approximate surface area is 94.1 Å². The summed E-state index contributed by atoms with van der Waals surface area (Å²) in [5.74, 6) is 0.998. The van der Waals surface area contributed by atoms with Crippen molar-refractivity contribution < 1.29 is 0 Å². The summed E-state index contributed by atoms with van der Waals surface area (Å²) >= 11 is 6.08. The van der Waals surface area contributed by atoms with E-state index in [4.69, 9.17) is 11.6 Å². The van der Waals surface area contributed by atoms with Gasteiger partial charge < -0.3 is 4.57 Å². The molecule has 15 heavy (non-hydrogen) atoms. The molecule has 0 atom stereocenters. The van der Waals surface area contributed by atoms with E-state index in [9.17, 15) is 0 Å². The Morgan fingerprint density at radius 1 is 1.33 bits per heavy atom. The van der Waals surface area contributed by atoms with Crippen LogP contribution in [-0.2, 0) is 12.5 Å². The third-order valence-corrected chi connectivity index (χ3v) is 2.68. The summed E-state index contributed by atoms with van der Waals surface area (Å²) in [6.45, 7) is 6.38. The predicted octanol–water partition coefficient (Wildman–Crippen LogP) is 2.92. The van der Waals surface area contributed by atoms with E-state index in [0.29, 0.717) is 5.02 Å². The van der Waals surface area contributed by atoms with Gasteiger partial charge in [-0.3, -0.25) is 0 Å². The van der Waals surface area contributed by atoms with Gasteiger partial charge in [-0.1, -0.05) is 32.4 Å². The normalized spacial score (nSPS) is 12.3. The lowest BCUT2D eigenvalue weighted by Gasteiger charge is -2.17. The molecule has 4 heteroatoms. The molecule has 0 N–H and O–H groups in total. The molecular formula is C11H14ClN3. The average molecular weight is 224 g/mol. The Balaban J connectivity index is 2.81. The molecule has 2 heterocycles. The zero-order chi connectivity index (χ0) is 11.2. The smallest absolute Gasteiger partial charge is 0.161 e. The number of rotatable bonds is 0. The maximum absolute atomic E-state index is 6.08. The highest BCUT2D eigenvalue weighted by Crippen LogP contribution is 2.27. The summed E-state index contributed by atoms with van der Waals surface area (Å²) in [6.07, 6.45) is 1.71. The van der Waals surface area contributed by atoms with Crippen LogP contribution in [-0.4, -0.2) is 14.5 Å². The number of fused-ring (bicyclic) bond motifs is 1. The van der Waals surface area contributed by atoms with Gasteiger partial charge in [-0.05, 0) is 6.07 Å². The van der Waals surface area contributed by atoms with Crippen LogP contribution in [0.5, 0.6) is 0 Å². The molecule has 0 radical (unpaired) electrons. The highest BCUT2D eigenvalue weighted by molar-refractivity contribution is 6.34. The van der Waals surface area contributed by atoms with Gasteiger partial charge in [-0.2, -0.15) is 0 Å². The Bertz CT molecular complexity index is 508. The van der Waals surface area contributed by atoms with E-state index < -0.39 is 0 Å². The number of aromatic nitrogens is 3. The molecule has 2 aromatic rings. The first-order chi connectivity index (χ1) is 6.91. The van der Waals surface area contributed by atoms with Crippen molar-refractivity contribution in [2.75, 3.05) is 0 Å². The molecule has 3 nitrogen and oxygen atoms in total. The Morgan fingerprint density at radius 2 is 2.00 bits per heavy atom. The van der Waals surface area contributed by atoms with Crippen molar-refractivity contribution in [1.82, 2.24) is 14.5 Å². The third kappa shape index (κ3) is 1.61. The number of hydrogen-bond acceptors (Lipinski definition) is 2. The van der Waals surface area contributed by atoms with E-state index in [1.165, 1.54) is 0 Å². The fourth-order valence-electron chi connectivity index (χ4n) is 1.72. The monoisotopic (exact) mass is 223 g/mol. The first kappa shape index (κ1) is 10.4. The molecule has 80 valence electrons. The minimum absolute atomic E-state index is 0.00121. The maximum Gasteiger partial charge on any atom is 0.161 e. The molecule has 0 aliphatic carbocycles. The van der Waals surface area contributed by atoms with Gasteiger partial charge in [0.05, 0.1) is 5.02 Å². The van der Waals surface area contributed by atoms with Crippen molar-refractivity contribution in [1.29, 1.82) is 0 Å². The molecule has 0 amide bonds. The second kappa shape index (κ2) is 3.20. The minimum Gasteiger partial charge on any atom is -0.315 e. The summed E-state index contributed by atoms with van der Waals surface area (Å²) in [6, 6.07) is 1.77. The number of nitrogens with zero attached hydrogens (tertiary/aromatic N) is 3. The van der Waals surface area contributed by atoms with Gasteiger partial charge in [-0.25, -0.2) is 9.97 Å². The lowest BCUT2D eigenvalue weighted by molar-refractivity contribution is 0.526. The van der Waals surface area contributed by atoms with E-state index >= 15 is 0 Å². The first-order valence-electron chi connectivity index (χ1n) is 4.88. The van der Waals surface area contributed by atoms with E-state index in [2.05, 4.69) is 30.7 Å². The SMILES string of the molecule is Cn1c(C(C)(C)C)nc2c(Cl)ccnc21. The minimum atomic E-state index is -0.00121. The molecule has 0 unspecified atom stereocenters. The van der Waals surface area contributed by atoms with Crippen LogP contribution in [0, 0.1) is 0 Å². The molecule has 2 aromatic heterocycles. The molecule has 0 bridgehead atoms. The molecule has 0 spiro atoms. The van der Waals surface area contributed by atoms with Crippen LogP contribution in [0.15, 0.2) is 12.3 Å². The van der Waals surface area contributed by atoms with Crippen LogP contribution >= 0.6 is 11.6 Å². The molecule has 0 fully saturated rings. The van der Waals surface area contributed by atoms with Crippen LogP contribution in [0.25, 0.3) is 11.2 Å². The van der Waals surface area contributed by atoms with Crippen molar-refractivity contribution in [3.8, 4) is 0 Å². The van der Waals surface area contributed by atoms with Crippen LogP contribution in [0.1, 0.15) is 26.6 Å². The summed E-state index contributed by atoms with van der Waals surface area (Å²) in [4.78, 5) is 8.84. The summed E-state index contributed by atoms with van der Waals surface area (Å²) in [7, 11) is 1.97. The summed E-state index contributed by atoms with van der Waals surface area (Å²) < 4.78 is 2.00. The maximum atomic E-state index is 6.08. The van der Waals surface area contributed by atoms with Crippen molar-refractivity contribution in [3.05, 3.63) is 23.1 Å². The standard InChI is InChI=1S/C11H14ClN3/c1-11(2,3)10-14-8-7(12)5-6-13-9(8)15(10)4/h5-6H,1-4H3. The zero-order valence-corrected chi connectivity index (χ0v) is 10.1. The van der Waals surface area contributed by atoms with Crippen LogP contribution < -0.4 is 0 Å². The van der Waals surface area contributed by atoms with E-state index in [1.807, 2.05) is 11.6 Å². The van der Waals surface area contributed by atoms with Gasteiger partial charge >= 0.3 is 0 Å². The number of aryl methyl sites for hydroxylation is 1. The van der Waals surface area contributed by atoms with E-state index in [-0.39, 0.29) is 5.41 Å². The number of halogens is 1. The predicted molar refractivity (Wildman–Crippen MR) is 62.2 cm³/mol. The number of imidazole rings is 1. The molecule has 0 aromatic carbocycles. The van der Waals surface area contributed by atoms with Crippen LogP contribution in [0.2, 0.25) is 5.02 Å². The fraction of sp³-hybridized carbons (Fsp3) is 0.455. The topological polar surface area (TPSA) is 30.7 Å².